The Balaban J connectivity index is 1.54. The summed E-state index contributed by atoms with van der Waals surface area (Å²) in [6.45, 7) is 2.01. The van der Waals surface area contributed by atoms with Gasteiger partial charge in [-0.15, -0.1) is 0 Å². The highest BCUT2D eigenvalue weighted by molar-refractivity contribution is 5.97. The molecule has 0 radical (unpaired) electrons. The number of nitriles is 1. The minimum atomic E-state index is -0.329. The van der Waals surface area contributed by atoms with Gasteiger partial charge in [0.05, 0.1) is 7.11 Å². The van der Waals surface area contributed by atoms with E-state index in [-0.39, 0.29) is 11.5 Å². The smallest absolute Gasteiger partial charge is 0.263 e. The molecule has 0 saturated carbocycles. The molecule has 0 atom stereocenters. The van der Waals surface area contributed by atoms with Crippen molar-refractivity contribution in [1.82, 2.24) is 10.2 Å². The minimum absolute atomic E-state index is 0.143. The number of methoxy groups -OCH3 is 1. The molecule has 1 amide bonds. The van der Waals surface area contributed by atoms with Crippen LogP contribution in [-0.4, -0.2) is 31.0 Å². The molecule has 0 bridgehead atoms. The van der Waals surface area contributed by atoms with Crippen molar-refractivity contribution in [2.75, 3.05) is 20.2 Å². The summed E-state index contributed by atoms with van der Waals surface area (Å²) in [6, 6.07) is 18.0. The fraction of sp³-hybridized carbons (Fsp3) is 0.273. The van der Waals surface area contributed by atoms with Gasteiger partial charge >= 0.3 is 0 Å². The Morgan fingerprint density at radius 3 is 2.67 bits per heavy atom. The van der Waals surface area contributed by atoms with Gasteiger partial charge in [0.2, 0.25) is 0 Å². The van der Waals surface area contributed by atoms with Crippen LogP contribution < -0.4 is 10.1 Å². The molecule has 0 unspecified atom stereocenters. The van der Waals surface area contributed by atoms with E-state index in [0.29, 0.717) is 13.0 Å². The van der Waals surface area contributed by atoms with Crippen LogP contribution in [0.1, 0.15) is 16.7 Å². The SMILES string of the molecule is COc1ccc(CCNC(=O)/C(C#N)=C\N2CCc3ccccc3C2)cc1. The first-order chi connectivity index (χ1) is 13.2. The zero-order valence-electron chi connectivity index (χ0n) is 15.4. The maximum absolute atomic E-state index is 12.3. The molecule has 0 saturated heterocycles. The van der Waals surface area contributed by atoms with E-state index in [4.69, 9.17) is 4.74 Å². The number of hydrogen-bond donors (Lipinski definition) is 1. The maximum Gasteiger partial charge on any atom is 0.263 e. The Labute approximate surface area is 159 Å². The summed E-state index contributed by atoms with van der Waals surface area (Å²) in [7, 11) is 1.63. The van der Waals surface area contributed by atoms with Crippen LogP contribution in [0.4, 0.5) is 0 Å². The summed E-state index contributed by atoms with van der Waals surface area (Å²) in [5.41, 5.74) is 3.83. The van der Waals surface area contributed by atoms with E-state index in [1.807, 2.05) is 47.4 Å². The van der Waals surface area contributed by atoms with E-state index in [9.17, 15) is 10.1 Å². The van der Waals surface area contributed by atoms with Gasteiger partial charge in [0.15, 0.2) is 0 Å². The van der Waals surface area contributed by atoms with E-state index >= 15 is 0 Å². The molecule has 0 spiro atoms. The third-order valence-corrected chi connectivity index (χ3v) is 4.70. The third kappa shape index (κ3) is 4.89. The highest BCUT2D eigenvalue weighted by Crippen LogP contribution is 2.19. The van der Waals surface area contributed by atoms with Crippen molar-refractivity contribution in [3.05, 3.63) is 77.0 Å². The van der Waals surface area contributed by atoms with E-state index in [1.54, 1.807) is 13.3 Å². The Morgan fingerprint density at radius 1 is 1.22 bits per heavy atom. The van der Waals surface area contributed by atoms with Crippen molar-refractivity contribution >= 4 is 5.91 Å². The van der Waals surface area contributed by atoms with Crippen LogP contribution in [0.25, 0.3) is 0 Å². The topological polar surface area (TPSA) is 65.4 Å². The summed E-state index contributed by atoms with van der Waals surface area (Å²) in [5.74, 6) is 0.477. The molecule has 0 fully saturated rings. The van der Waals surface area contributed by atoms with E-state index < -0.39 is 0 Å². The first-order valence-electron chi connectivity index (χ1n) is 9.03. The van der Waals surface area contributed by atoms with Crippen LogP contribution in [0, 0.1) is 11.3 Å². The molecule has 3 rings (SSSR count). The fourth-order valence-corrected chi connectivity index (χ4v) is 3.16. The number of nitrogens with zero attached hydrogens (tertiary/aromatic N) is 2. The molecule has 0 aromatic heterocycles. The van der Waals surface area contributed by atoms with Crippen LogP contribution in [0.5, 0.6) is 5.75 Å². The van der Waals surface area contributed by atoms with Crippen LogP contribution in [0.15, 0.2) is 60.3 Å². The first-order valence-corrected chi connectivity index (χ1v) is 9.03. The monoisotopic (exact) mass is 361 g/mol. The number of carbonyl (C=O) groups is 1. The van der Waals surface area contributed by atoms with Crippen molar-refractivity contribution in [3.8, 4) is 11.8 Å². The van der Waals surface area contributed by atoms with Gasteiger partial charge in [0.1, 0.15) is 17.4 Å². The largest absolute Gasteiger partial charge is 0.497 e. The molecule has 1 N–H and O–H groups in total. The lowest BCUT2D eigenvalue weighted by Crippen LogP contribution is -2.30. The maximum atomic E-state index is 12.3. The summed E-state index contributed by atoms with van der Waals surface area (Å²) >= 11 is 0. The molecule has 138 valence electrons. The van der Waals surface area contributed by atoms with Crippen LogP contribution in [0.3, 0.4) is 0 Å². The molecule has 2 aromatic rings. The van der Waals surface area contributed by atoms with E-state index in [1.165, 1.54) is 11.1 Å². The lowest BCUT2D eigenvalue weighted by atomic mass is 10.0. The lowest BCUT2D eigenvalue weighted by molar-refractivity contribution is -0.117. The van der Waals surface area contributed by atoms with Gasteiger partial charge < -0.3 is 15.0 Å². The van der Waals surface area contributed by atoms with Gasteiger partial charge in [-0.05, 0) is 41.7 Å². The van der Waals surface area contributed by atoms with Gasteiger partial charge in [-0.3, -0.25) is 4.79 Å². The summed E-state index contributed by atoms with van der Waals surface area (Å²) < 4.78 is 5.13. The molecule has 5 heteroatoms. The molecule has 0 aliphatic carbocycles. The van der Waals surface area contributed by atoms with Crippen molar-refractivity contribution in [2.45, 2.75) is 19.4 Å². The van der Waals surface area contributed by atoms with Crippen molar-refractivity contribution in [3.63, 3.8) is 0 Å². The van der Waals surface area contributed by atoms with Gasteiger partial charge in [-0.1, -0.05) is 36.4 Å². The third-order valence-electron chi connectivity index (χ3n) is 4.70. The highest BCUT2D eigenvalue weighted by Gasteiger charge is 2.16. The molecular formula is C22H23N3O2. The Kier molecular flexibility index (Phi) is 6.11. The standard InChI is InChI=1S/C22H23N3O2/c1-27-21-8-6-17(7-9-21)10-12-24-22(26)20(14-23)16-25-13-11-18-4-2-3-5-19(18)15-25/h2-9,16H,10-13,15H2,1H3,(H,24,26)/b20-16-. The number of amides is 1. The van der Waals surface area contributed by atoms with Gasteiger partial charge in [-0.2, -0.15) is 5.26 Å². The Hall–Kier alpha value is -3.26. The number of nitrogens with one attached hydrogen (secondary N) is 1. The Bertz CT molecular complexity index is 866. The van der Waals surface area contributed by atoms with Crippen molar-refractivity contribution in [2.24, 2.45) is 0 Å². The second-order valence-electron chi connectivity index (χ2n) is 6.50. The minimum Gasteiger partial charge on any atom is -0.497 e. The van der Waals surface area contributed by atoms with Crippen LogP contribution in [0.2, 0.25) is 0 Å². The summed E-state index contributed by atoms with van der Waals surface area (Å²) in [6.07, 6.45) is 3.30. The molecule has 1 heterocycles. The first kappa shape index (κ1) is 18.5. The normalized spacial score (nSPS) is 13.5. The molecule has 1 aliphatic rings. The predicted molar refractivity (Wildman–Crippen MR) is 104 cm³/mol. The van der Waals surface area contributed by atoms with E-state index in [2.05, 4.69) is 17.4 Å². The number of benzene rings is 2. The van der Waals surface area contributed by atoms with Gasteiger partial charge in [0, 0.05) is 25.8 Å². The average Bonchev–Trinajstić information content (AvgIpc) is 2.72. The quantitative estimate of drug-likeness (QED) is 0.635. The summed E-state index contributed by atoms with van der Waals surface area (Å²) in [5, 5.41) is 12.2. The van der Waals surface area contributed by atoms with Gasteiger partial charge in [-0.25, -0.2) is 0 Å². The Morgan fingerprint density at radius 2 is 1.96 bits per heavy atom. The molecule has 27 heavy (non-hydrogen) atoms. The van der Waals surface area contributed by atoms with Crippen molar-refractivity contribution < 1.29 is 9.53 Å². The lowest BCUT2D eigenvalue weighted by Gasteiger charge is -2.27. The number of fused-ring (bicyclic) bond motifs is 1. The van der Waals surface area contributed by atoms with Crippen LogP contribution in [-0.2, 0) is 24.2 Å². The zero-order chi connectivity index (χ0) is 19.1. The second-order valence-corrected chi connectivity index (χ2v) is 6.50. The zero-order valence-corrected chi connectivity index (χ0v) is 15.4. The molecule has 5 nitrogen and oxygen atoms in total. The second kappa shape index (κ2) is 8.91. The van der Waals surface area contributed by atoms with Crippen molar-refractivity contribution in [1.29, 1.82) is 5.26 Å². The number of rotatable bonds is 6. The van der Waals surface area contributed by atoms with Crippen LogP contribution >= 0.6 is 0 Å². The van der Waals surface area contributed by atoms with Gasteiger partial charge in [0.25, 0.3) is 5.91 Å². The predicted octanol–water partition coefficient (Wildman–Crippen LogP) is 2.82. The summed E-state index contributed by atoms with van der Waals surface area (Å²) in [4.78, 5) is 14.4. The van der Waals surface area contributed by atoms with E-state index in [0.717, 1.165) is 30.8 Å². The fourth-order valence-electron chi connectivity index (χ4n) is 3.16. The molecule has 1 aliphatic heterocycles. The number of ether oxygens (including phenoxy) is 1. The highest BCUT2D eigenvalue weighted by atomic mass is 16.5. The molecule has 2 aromatic carbocycles. The number of hydrogen-bond acceptors (Lipinski definition) is 4. The average molecular weight is 361 g/mol. The number of carbonyl (C=O) groups excluding carboxylic acids is 1. The molecular weight excluding hydrogens is 338 g/mol.